The highest BCUT2D eigenvalue weighted by Crippen LogP contribution is 2.41. The fourth-order valence-corrected chi connectivity index (χ4v) is 2.87. The van der Waals surface area contributed by atoms with Gasteiger partial charge < -0.3 is 10.4 Å². The Morgan fingerprint density at radius 1 is 1.36 bits per heavy atom. The maximum Gasteiger partial charge on any atom is 0.290 e. The Morgan fingerprint density at radius 2 is 1.95 bits per heavy atom. The third-order valence-corrected chi connectivity index (χ3v) is 4.22. The van der Waals surface area contributed by atoms with Gasteiger partial charge in [-0.25, -0.2) is 13.2 Å². The monoisotopic (exact) mass is 358 g/mol. The van der Waals surface area contributed by atoms with Crippen LogP contribution in [0.25, 0.3) is 0 Å². The van der Waals surface area contributed by atoms with Crippen LogP contribution in [0.4, 0.5) is 13.2 Å². The highest BCUT2D eigenvalue weighted by Gasteiger charge is 2.46. The van der Waals surface area contributed by atoms with Crippen molar-refractivity contribution in [1.29, 1.82) is 0 Å². The number of benzene rings is 1. The lowest BCUT2D eigenvalue weighted by Crippen LogP contribution is -2.51. The van der Waals surface area contributed by atoms with Crippen LogP contribution >= 0.6 is 24.0 Å². The minimum Gasteiger partial charge on any atom is -0.390 e. The van der Waals surface area contributed by atoms with Gasteiger partial charge in [-0.2, -0.15) is 0 Å². The standard InChI is InChI=1S/C14H18ClF3N2O.ClH/c1-9-2-3-10(16)11(12(9)15)13(14(17,18)8-21)20-6-4-19-5-7-20;/h2-3,13,19,21H,4-8H2,1H3;1H/t13-;/m1./s1. The summed E-state index contributed by atoms with van der Waals surface area (Å²) < 4.78 is 42.6. The first-order chi connectivity index (χ1) is 9.88. The highest BCUT2D eigenvalue weighted by molar-refractivity contribution is 6.32. The predicted molar refractivity (Wildman–Crippen MR) is 82.6 cm³/mol. The van der Waals surface area contributed by atoms with Crippen LogP contribution in [0.2, 0.25) is 5.02 Å². The molecule has 8 heteroatoms. The largest absolute Gasteiger partial charge is 0.390 e. The molecule has 0 bridgehead atoms. The van der Waals surface area contributed by atoms with Gasteiger partial charge in [-0.1, -0.05) is 17.7 Å². The van der Waals surface area contributed by atoms with Crippen LogP contribution in [-0.2, 0) is 0 Å². The van der Waals surface area contributed by atoms with Gasteiger partial charge >= 0.3 is 0 Å². The van der Waals surface area contributed by atoms with Crippen LogP contribution in [0.3, 0.4) is 0 Å². The quantitative estimate of drug-likeness (QED) is 0.868. The molecule has 0 amide bonds. The minimum atomic E-state index is -3.48. The van der Waals surface area contributed by atoms with E-state index in [1.807, 2.05) is 0 Å². The summed E-state index contributed by atoms with van der Waals surface area (Å²) in [7, 11) is 0. The molecule has 0 aliphatic carbocycles. The van der Waals surface area contributed by atoms with Gasteiger partial charge in [0.1, 0.15) is 18.5 Å². The number of halogens is 5. The third-order valence-electron chi connectivity index (χ3n) is 3.72. The number of hydrogen-bond acceptors (Lipinski definition) is 3. The van der Waals surface area contributed by atoms with Crippen molar-refractivity contribution in [2.45, 2.75) is 18.9 Å². The molecule has 1 saturated heterocycles. The first-order valence-electron chi connectivity index (χ1n) is 6.76. The normalized spacial score (nSPS) is 17.9. The average Bonchev–Trinajstić information content (AvgIpc) is 2.48. The topological polar surface area (TPSA) is 35.5 Å². The van der Waals surface area contributed by atoms with Crippen molar-refractivity contribution in [2.75, 3.05) is 32.8 Å². The maximum atomic E-state index is 14.2. The van der Waals surface area contributed by atoms with E-state index < -0.39 is 24.4 Å². The van der Waals surface area contributed by atoms with Gasteiger partial charge in [0.2, 0.25) is 0 Å². The SMILES string of the molecule is Cc1ccc(F)c([C@@H](N2CCNCC2)C(F)(F)CO)c1Cl.Cl. The summed E-state index contributed by atoms with van der Waals surface area (Å²) in [5.41, 5.74) is 0.291. The third kappa shape index (κ3) is 3.86. The predicted octanol–water partition coefficient (Wildman–Crippen LogP) is 2.78. The Labute approximate surface area is 138 Å². The van der Waals surface area contributed by atoms with Crippen molar-refractivity contribution in [3.8, 4) is 0 Å². The van der Waals surface area contributed by atoms with Crippen molar-refractivity contribution in [3.05, 3.63) is 34.1 Å². The molecule has 0 aromatic heterocycles. The Hall–Kier alpha value is -0.530. The van der Waals surface area contributed by atoms with Crippen LogP contribution in [0.5, 0.6) is 0 Å². The molecule has 0 saturated carbocycles. The van der Waals surface area contributed by atoms with Crippen LogP contribution < -0.4 is 5.32 Å². The van der Waals surface area contributed by atoms with Crippen molar-refractivity contribution in [1.82, 2.24) is 10.2 Å². The fourth-order valence-electron chi connectivity index (χ4n) is 2.62. The second-order valence-electron chi connectivity index (χ2n) is 5.20. The zero-order valence-electron chi connectivity index (χ0n) is 12.1. The summed E-state index contributed by atoms with van der Waals surface area (Å²) in [4.78, 5) is 1.47. The van der Waals surface area contributed by atoms with E-state index >= 15 is 0 Å². The Morgan fingerprint density at radius 3 is 2.50 bits per heavy atom. The van der Waals surface area contributed by atoms with Crippen LogP contribution in [0, 0.1) is 12.7 Å². The van der Waals surface area contributed by atoms with E-state index in [-0.39, 0.29) is 23.0 Å². The average molecular weight is 359 g/mol. The molecule has 1 fully saturated rings. The lowest BCUT2D eigenvalue weighted by Gasteiger charge is -2.39. The molecule has 0 spiro atoms. The molecule has 1 aliphatic rings. The maximum absolute atomic E-state index is 14.2. The lowest BCUT2D eigenvalue weighted by molar-refractivity contribution is -0.119. The number of rotatable bonds is 4. The fraction of sp³-hybridized carbons (Fsp3) is 0.571. The lowest BCUT2D eigenvalue weighted by atomic mass is 9.96. The molecule has 0 unspecified atom stereocenters. The van der Waals surface area contributed by atoms with E-state index in [0.29, 0.717) is 31.7 Å². The van der Waals surface area contributed by atoms with E-state index in [2.05, 4.69) is 5.32 Å². The van der Waals surface area contributed by atoms with Crippen LogP contribution in [0.15, 0.2) is 12.1 Å². The van der Waals surface area contributed by atoms with Crippen LogP contribution in [-0.4, -0.2) is 48.7 Å². The second-order valence-corrected chi connectivity index (χ2v) is 5.58. The number of piperazine rings is 1. The van der Waals surface area contributed by atoms with Gasteiger partial charge in [-0.05, 0) is 18.6 Å². The van der Waals surface area contributed by atoms with Crippen molar-refractivity contribution in [3.63, 3.8) is 0 Å². The zero-order valence-corrected chi connectivity index (χ0v) is 13.7. The number of alkyl halides is 2. The van der Waals surface area contributed by atoms with E-state index in [1.54, 1.807) is 6.92 Å². The Balaban J connectivity index is 0.00000242. The van der Waals surface area contributed by atoms with E-state index in [9.17, 15) is 13.2 Å². The Bertz CT molecular complexity index is 511. The summed E-state index contributed by atoms with van der Waals surface area (Å²) in [5, 5.41) is 12.1. The molecule has 3 nitrogen and oxygen atoms in total. The highest BCUT2D eigenvalue weighted by atomic mass is 35.5. The summed E-state index contributed by atoms with van der Waals surface area (Å²) in [5.74, 6) is -4.25. The number of aliphatic hydroxyl groups is 1. The smallest absolute Gasteiger partial charge is 0.290 e. The molecule has 2 rings (SSSR count). The van der Waals surface area contributed by atoms with Gasteiger partial charge in [-0.15, -0.1) is 12.4 Å². The van der Waals surface area contributed by atoms with Gasteiger partial charge in [0, 0.05) is 31.7 Å². The molecule has 0 radical (unpaired) electrons. The number of aliphatic hydroxyl groups excluding tert-OH is 1. The summed E-state index contributed by atoms with van der Waals surface area (Å²) in [6.45, 7) is 2.02. The molecular weight excluding hydrogens is 340 g/mol. The second kappa shape index (κ2) is 7.84. The molecule has 1 aliphatic heterocycles. The van der Waals surface area contributed by atoms with Gasteiger partial charge in [-0.3, -0.25) is 4.90 Å². The molecule has 2 N–H and O–H groups in total. The number of aryl methyl sites for hydroxylation is 1. The van der Waals surface area contributed by atoms with E-state index in [0.717, 1.165) is 6.07 Å². The first kappa shape index (κ1) is 19.5. The zero-order chi connectivity index (χ0) is 15.6. The molecule has 126 valence electrons. The number of hydrogen-bond donors (Lipinski definition) is 2. The van der Waals surface area contributed by atoms with Gasteiger partial charge in [0.15, 0.2) is 0 Å². The molecular formula is C14H19Cl2F3N2O. The molecule has 1 aromatic carbocycles. The Kier molecular flexibility index (Phi) is 6.95. The summed E-state index contributed by atoms with van der Waals surface area (Å²) >= 11 is 6.08. The first-order valence-corrected chi connectivity index (χ1v) is 7.14. The summed E-state index contributed by atoms with van der Waals surface area (Å²) in [6.07, 6.45) is 0. The van der Waals surface area contributed by atoms with Crippen molar-refractivity contribution < 1.29 is 18.3 Å². The van der Waals surface area contributed by atoms with Crippen molar-refractivity contribution >= 4 is 24.0 Å². The van der Waals surface area contributed by atoms with Crippen LogP contribution in [0.1, 0.15) is 17.2 Å². The number of nitrogens with zero attached hydrogens (tertiary/aromatic N) is 1. The molecule has 1 atom stereocenters. The molecule has 1 heterocycles. The van der Waals surface area contributed by atoms with Crippen molar-refractivity contribution in [2.24, 2.45) is 0 Å². The molecule has 22 heavy (non-hydrogen) atoms. The van der Waals surface area contributed by atoms with E-state index in [1.165, 1.54) is 11.0 Å². The minimum absolute atomic E-state index is 0. The number of nitrogens with one attached hydrogen (secondary N) is 1. The van der Waals surface area contributed by atoms with Gasteiger partial charge in [0.05, 0.1) is 5.02 Å². The van der Waals surface area contributed by atoms with E-state index in [4.69, 9.17) is 16.7 Å². The molecule has 1 aromatic rings. The van der Waals surface area contributed by atoms with Gasteiger partial charge in [0.25, 0.3) is 5.92 Å². The summed E-state index contributed by atoms with van der Waals surface area (Å²) in [6, 6.07) is 1.02.